The first-order chi connectivity index (χ1) is 16.2. The van der Waals surface area contributed by atoms with Gasteiger partial charge in [0.1, 0.15) is 6.04 Å². The van der Waals surface area contributed by atoms with Gasteiger partial charge in [0, 0.05) is 30.6 Å². The summed E-state index contributed by atoms with van der Waals surface area (Å²) in [5.41, 5.74) is 4.34. The van der Waals surface area contributed by atoms with Gasteiger partial charge in [0.15, 0.2) is 0 Å². The number of allylic oxidation sites excluding steroid dienone is 1. The molecule has 178 valence electrons. The molecule has 0 unspecified atom stereocenters. The van der Waals surface area contributed by atoms with E-state index in [2.05, 4.69) is 48.3 Å². The van der Waals surface area contributed by atoms with E-state index >= 15 is 0 Å². The molecule has 2 spiro atoms. The molecule has 6 atom stereocenters. The number of ether oxygens (including phenoxy) is 1. The second-order valence-electron chi connectivity index (χ2n) is 12.6. The zero-order chi connectivity index (χ0) is 23.3. The quantitative estimate of drug-likeness (QED) is 0.424. The maximum atomic E-state index is 10.8. The lowest BCUT2D eigenvalue weighted by Gasteiger charge is -2.54. The highest BCUT2D eigenvalue weighted by Gasteiger charge is 2.67. The average Bonchev–Trinajstić information content (AvgIpc) is 3.33. The van der Waals surface area contributed by atoms with Crippen molar-refractivity contribution in [3.05, 3.63) is 65.5 Å². The van der Waals surface area contributed by atoms with Crippen molar-refractivity contribution in [2.45, 2.75) is 81.5 Å². The van der Waals surface area contributed by atoms with Crippen molar-refractivity contribution in [3.63, 3.8) is 0 Å². The molecule has 3 fully saturated rings. The lowest BCUT2D eigenvalue weighted by atomic mass is 9.58. The molecule has 2 aromatic rings. The van der Waals surface area contributed by atoms with E-state index in [-0.39, 0.29) is 27.3 Å². The van der Waals surface area contributed by atoms with Crippen LogP contribution < -0.4 is 0 Å². The van der Waals surface area contributed by atoms with Gasteiger partial charge >= 0.3 is 0 Å². The van der Waals surface area contributed by atoms with Crippen LogP contribution >= 0.6 is 0 Å². The Morgan fingerprint density at radius 1 is 1.09 bits per heavy atom. The summed E-state index contributed by atoms with van der Waals surface area (Å²) in [5, 5.41) is 13.3. The number of nitrogens with zero attached hydrogens (tertiary/aromatic N) is 2. The summed E-state index contributed by atoms with van der Waals surface area (Å²) in [6, 6.07) is 9.38. The number of quaternary nitrogens is 1. The van der Waals surface area contributed by atoms with E-state index < -0.39 is 0 Å². The summed E-state index contributed by atoms with van der Waals surface area (Å²) < 4.78 is 7.42. The smallest absolute Gasteiger partial charge is 0.122 e. The predicted molar refractivity (Wildman–Crippen MR) is 133 cm³/mol. The molecule has 7 rings (SSSR count). The monoisotopic (exact) mass is 457 g/mol. The Labute approximate surface area is 202 Å². The number of rotatable bonds is 2. The molecule has 1 N–H and O–H groups in total. The van der Waals surface area contributed by atoms with Crippen LogP contribution in [-0.2, 0) is 4.74 Å². The van der Waals surface area contributed by atoms with E-state index in [0.717, 1.165) is 38.5 Å². The van der Waals surface area contributed by atoms with Gasteiger partial charge in [-0.2, -0.15) is 4.65 Å². The molecule has 34 heavy (non-hydrogen) atoms. The van der Waals surface area contributed by atoms with E-state index in [1.807, 2.05) is 26.5 Å². The minimum Gasteiger partial charge on any atom is -0.359 e. The fourth-order valence-electron chi connectivity index (χ4n) is 8.79. The lowest BCUT2D eigenvalue weighted by Crippen LogP contribution is -2.57. The highest BCUT2D eigenvalue weighted by molar-refractivity contribution is 5.82. The summed E-state index contributed by atoms with van der Waals surface area (Å²) in [6.45, 7) is 2.54. The lowest BCUT2D eigenvalue weighted by molar-refractivity contribution is -1.09. The van der Waals surface area contributed by atoms with Gasteiger partial charge in [0.05, 0.1) is 25.3 Å². The fourth-order valence-corrected chi connectivity index (χ4v) is 8.79. The van der Waals surface area contributed by atoms with Gasteiger partial charge in [0.25, 0.3) is 0 Å². The molecule has 4 nitrogen and oxygen atoms in total. The number of hydrogen-bond acceptors (Lipinski definition) is 3. The molecule has 1 saturated heterocycles. The normalized spacial score (nSPS) is 40.9. The van der Waals surface area contributed by atoms with E-state index in [0.29, 0.717) is 11.8 Å². The molecule has 2 aliphatic heterocycles. The summed E-state index contributed by atoms with van der Waals surface area (Å²) >= 11 is 0. The fraction of sp³-hybridized carbons (Fsp3) is 0.567. The molecular weight excluding hydrogens is 420 g/mol. The molecule has 4 heteroatoms. The molecular formula is C30H37N2O2+. The number of benzene rings is 1. The van der Waals surface area contributed by atoms with Crippen LogP contribution in [0.5, 0.6) is 0 Å². The van der Waals surface area contributed by atoms with Crippen LogP contribution in [0.25, 0.3) is 10.8 Å². The van der Waals surface area contributed by atoms with Gasteiger partial charge in [0.2, 0.25) is 0 Å². The predicted octanol–water partition coefficient (Wildman–Crippen LogP) is 6.31. The van der Waals surface area contributed by atoms with E-state index in [1.54, 1.807) is 0 Å². The van der Waals surface area contributed by atoms with Crippen LogP contribution in [0.15, 0.2) is 60.0 Å². The SMILES string of the molecule is C[C@]12CC=C3C=C4CC[C@H]([N+](C)(C)O)C[C@]45CC[C@]3(O5)[C@@H]1CC[C@@H]2c1ccc2ccncc2c1. The van der Waals surface area contributed by atoms with Gasteiger partial charge in [-0.05, 0) is 90.0 Å². The third-order valence-electron chi connectivity index (χ3n) is 10.6. The molecule has 0 amide bonds. The van der Waals surface area contributed by atoms with Crippen LogP contribution in [0.3, 0.4) is 0 Å². The molecule has 1 aromatic heterocycles. The van der Waals surface area contributed by atoms with Gasteiger partial charge < -0.3 is 4.74 Å². The van der Waals surface area contributed by atoms with Crippen molar-refractivity contribution in [1.29, 1.82) is 0 Å². The van der Waals surface area contributed by atoms with E-state index in [9.17, 15) is 5.21 Å². The van der Waals surface area contributed by atoms with Gasteiger partial charge in [-0.1, -0.05) is 31.2 Å². The average molecular weight is 458 g/mol. The summed E-state index contributed by atoms with van der Waals surface area (Å²) in [5.74, 6) is 1.09. The Morgan fingerprint density at radius 3 is 2.82 bits per heavy atom. The van der Waals surface area contributed by atoms with Gasteiger partial charge in [-0.25, -0.2) is 5.21 Å². The van der Waals surface area contributed by atoms with E-state index in [1.165, 1.54) is 40.3 Å². The Kier molecular flexibility index (Phi) is 4.26. The Bertz CT molecular complexity index is 1240. The van der Waals surface area contributed by atoms with Gasteiger partial charge in [-0.15, -0.1) is 0 Å². The molecule has 1 aromatic carbocycles. The second-order valence-corrected chi connectivity index (χ2v) is 12.6. The largest absolute Gasteiger partial charge is 0.359 e. The molecule has 3 heterocycles. The molecule has 3 aliphatic carbocycles. The summed E-state index contributed by atoms with van der Waals surface area (Å²) in [6.07, 6.45) is 17.8. The minimum absolute atomic E-state index is 0.0497. The van der Waals surface area contributed by atoms with Crippen molar-refractivity contribution < 1.29 is 14.6 Å². The number of pyridine rings is 1. The van der Waals surface area contributed by atoms with Crippen LogP contribution in [0.4, 0.5) is 0 Å². The first kappa shape index (κ1) is 21.3. The summed E-state index contributed by atoms with van der Waals surface area (Å²) in [7, 11) is 3.85. The standard InChI is InChI=1S/C30H37N2O2/c1-28-12-10-24-17-23-6-7-25(32(2,3)33)18-29(23)13-14-30(24,34-29)27(28)9-8-26(28)21-5-4-20-11-15-31-19-22(20)16-21/h4-5,10-11,15-17,19,25-27,33H,6-9,12-14,18H2,1-3H3/q+1/t25-,26+,27+,28+,29+,30+/m0/s1. The third-order valence-corrected chi connectivity index (χ3v) is 10.6. The van der Waals surface area contributed by atoms with Crippen molar-refractivity contribution >= 4 is 10.8 Å². The van der Waals surface area contributed by atoms with Crippen molar-refractivity contribution in [3.8, 4) is 0 Å². The highest BCUT2D eigenvalue weighted by Crippen LogP contribution is 2.69. The number of hydroxylamine groups is 3. The Morgan fingerprint density at radius 2 is 1.97 bits per heavy atom. The molecule has 5 aliphatic rings. The maximum Gasteiger partial charge on any atom is 0.122 e. The second kappa shape index (κ2) is 6.81. The number of aromatic nitrogens is 1. The molecule has 2 bridgehead atoms. The number of fused-ring (bicyclic) bond motifs is 2. The van der Waals surface area contributed by atoms with Crippen molar-refractivity contribution in [2.24, 2.45) is 11.3 Å². The zero-order valence-corrected chi connectivity index (χ0v) is 20.8. The number of hydrogen-bond donors (Lipinski definition) is 1. The van der Waals surface area contributed by atoms with Crippen molar-refractivity contribution in [1.82, 2.24) is 4.98 Å². The van der Waals surface area contributed by atoms with Crippen LogP contribution in [0.1, 0.15) is 69.8 Å². The highest BCUT2D eigenvalue weighted by atomic mass is 16.5. The first-order valence-corrected chi connectivity index (χ1v) is 13.3. The topological polar surface area (TPSA) is 42.4 Å². The first-order valence-electron chi connectivity index (χ1n) is 13.3. The summed E-state index contributed by atoms with van der Waals surface area (Å²) in [4.78, 5) is 4.37. The molecule has 2 saturated carbocycles. The Hall–Kier alpha value is -2.01. The van der Waals surface area contributed by atoms with Crippen molar-refractivity contribution in [2.75, 3.05) is 14.1 Å². The molecule has 0 radical (unpaired) electrons. The third kappa shape index (κ3) is 2.74. The van der Waals surface area contributed by atoms with Crippen LogP contribution in [0, 0.1) is 11.3 Å². The van der Waals surface area contributed by atoms with Crippen LogP contribution in [-0.4, -0.2) is 46.2 Å². The maximum absolute atomic E-state index is 10.8. The van der Waals surface area contributed by atoms with Crippen LogP contribution in [0.2, 0.25) is 0 Å². The minimum atomic E-state index is -0.163. The van der Waals surface area contributed by atoms with Gasteiger partial charge in [-0.3, -0.25) is 4.98 Å². The Balaban J connectivity index is 1.27. The van der Waals surface area contributed by atoms with E-state index in [4.69, 9.17) is 4.74 Å². The zero-order valence-electron chi connectivity index (χ0n) is 20.8.